The zero-order chi connectivity index (χ0) is 24.4. The molecular weight excluding hydrogens is 467 g/mol. The number of aromatic nitrogens is 2. The second kappa shape index (κ2) is 9.87. The predicted octanol–water partition coefficient (Wildman–Crippen LogP) is 4.69. The second-order valence-electron chi connectivity index (χ2n) is 8.40. The Balaban J connectivity index is 1.35. The maximum absolute atomic E-state index is 13.3. The van der Waals surface area contributed by atoms with Crippen LogP contribution in [0.1, 0.15) is 19.3 Å². The zero-order valence-corrected chi connectivity index (χ0v) is 20.1. The summed E-state index contributed by atoms with van der Waals surface area (Å²) in [4.78, 5) is 32.2. The maximum Gasteiger partial charge on any atom is 0.275 e. The van der Waals surface area contributed by atoms with E-state index in [1.54, 1.807) is 25.3 Å². The predicted molar refractivity (Wildman–Crippen MR) is 136 cm³/mol. The number of nitrogens with one attached hydrogen (secondary N) is 1. The number of nitrogens with zero attached hydrogens (tertiary/aromatic N) is 3. The number of rotatable bonds is 8. The summed E-state index contributed by atoms with van der Waals surface area (Å²) in [5.41, 5.74) is 2.74. The van der Waals surface area contributed by atoms with Gasteiger partial charge in [0.15, 0.2) is 0 Å². The van der Waals surface area contributed by atoms with Crippen LogP contribution >= 0.6 is 11.3 Å². The summed E-state index contributed by atoms with van der Waals surface area (Å²) in [5, 5.41) is 3.36. The highest BCUT2D eigenvalue weighted by molar-refractivity contribution is 7.22. The third-order valence-corrected chi connectivity index (χ3v) is 7.28. The number of carbonyl (C=O) groups is 1. The molecule has 1 amide bonds. The molecule has 9 heteroatoms. The molecule has 1 saturated heterocycles. The summed E-state index contributed by atoms with van der Waals surface area (Å²) in [6.07, 6.45) is 3.95. The lowest BCUT2D eigenvalue weighted by Crippen LogP contribution is -2.27. The molecule has 1 aliphatic rings. The molecule has 2 aromatic carbocycles. The number of carbonyl (C=O) groups excluding carboxylic acids is 1. The van der Waals surface area contributed by atoms with Gasteiger partial charge in [-0.15, -0.1) is 11.3 Å². The summed E-state index contributed by atoms with van der Waals surface area (Å²) in [6.45, 7) is 2.29. The Hall–Kier alpha value is -3.72. The lowest BCUT2D eigenvalue weighted by Gasteiger charge is -2.17. The molecule has 0 bridgehead atoms. The van der Waals surface area contributed by atoms with E-state index in [1.807, 2.05) is 23.1 Å². The molecule has 0 aliphatic carbocycles. The highest BCUT2D eigenvalue weighted by Crippen LogP contribution is 2.32. The number of amides is 1. The summed E-state index contributed by atoms with van der Waals surface area (Å²) >= 11 is 1.34. The van der Waals surface area contributed by atoms with Crippen LogP contribution in [-0.4, -0.2) is 47.1 Å². The van der Waals surface area contributed by atoms with E-state index in [0.29, 0.717) is 34.6 Å². The van der Waals surface area contributed by atoms with Crippen molar-refractivity contribution in [2.45, 2.75) is 19.3 Å². The lowest BCUT2D eigenvalue weighted by molar-refractivity contribution is -0.127. The Morgan fingerprint density at radius 3 is 2.71 bits per heavy atom. The molecular formula is C26H25FN4O3S. The monoisotopic (exact) mass is 492 g/mol. The fourth-order valence-corrected chi connectivity index (χ4v) is 5.31. The van der Waals surface area contributed by atoms with E-state index < -0.39 is 0 Å². The minimum Gasteiger partial charge on any atom is -0.495 e. The fourth-order valence-electron chi connectivity index (χ4n) is 4.26. The van der Waals surface area contributed by atoms with Crippen LogP contribution in [0.2, 0.25) is 0 Å². The molecule has 2 aromatic heterocycles. The fraction of sp³-hybridized carbons (Fsp3) is 0.269. The van der Waals surface area contributed by atoms with Crippen LogP contribution in [-0.2, 0) is 4.79 Å². The van der Waals surface area contributed by atoms with Gasteiger partial charge in [0.2, 0.25) is 5.91 Å². The van der Waals surface area contributed by atoms with Crippen molar-refractivity contribution in [2.75, 3.05) is 32.1 Å². The molecule has 0 saturated carbocycles. The molecule has 0 radical (unpaired) electrons. The first-order valence-corrected chi connectivity index (χ1v) is 12.3. The Labute approximate surface area is 205 Å². The normalized spacial score (nSPS) is 13.5. The number of hydrogen-bond donors (Lipinski definition) is 1. The van der Waals surface area contributed by atoms with Gasteiger partial charge in [-0.1, -0.05) is 12.1 Å². The first-order chi connectivity index (χ1) is 17.0. The molecule has 4 aromatic rings. The van der Waals surface area contributed by atoms with E-state index in [9.17, 15) is 14.0 Å². The minimum absolute atomic E-state index is 0.175. The van der Waals surface area contributed by atoms with Crippen molar-refractivity contribution < 1.29 is 13.9 Å². The smallest absolute Gasteiger partial charge is 0.275 e. The van der Waals surface area contributed by atoms with Crippen LogP contribution < -0.4 is 15.6 Å². The molecule has 7 nitrogen and oxygen atoms in total. The lowest BCUT2D eigenvalue weighted by atomic mass is 10.2. The maximum atomic E-state index is 13.3. The van der Waals surface area contributed by atoms with Gasteiger partial charge in [0.1, 0.15) is 22.6 Å². The zero-order valence-electron chi connectivity index (χ0n) is 19.3. The number of fused-ring (bicyclic) bond motifs is 1. The van der Waals surface area contributed by atoms with Gasteiger partial charge in [-0.25, -0.2) is 9.37 Å². The number of ether oxygens (including phenoxy) is 1. The van der Waals surface area contributed by atoms with Gasteiger partial charge in [0.25, 0.3) is 5.56 Å². The Morgan fingerprint density at radius 1 is 1.14 bits per heavy atom. The van der Waals surface area contributed by atoms with Gasteiger partial charge in [-0.3, -0.25) is 14.2 Å². The molecule has 1 aliphatic heterocycles. The highest BCUT2D eigenvalue weighted by atomic mass is 32.1. The topological polar surface area (TPSA) is 76.5 Å². The van der Waals surface area contributed by atoms with Crippen molar-refractivity contribution in [1.29, 1.82) is 0 Å². The quantitative estimate of drug-likeness (QED) is 0.361. The van der Waals surface area contributed by atoms with Crippen molar-refractivity contribution in [3.63, 3.8) is 0 Å². The molecule has 35 heavy (non-hydrogen) atoms. The van der Waals surface area contributed by atoms with Crippen molar-refractivity contribution in [2.24, 2.45) is 0 Å². The van der Waals surface area contributed by atoms with Crippen LogP contribution in [0.15, 0.2) is 59.7 Å². The Morgan fingerprint density at radius 2 is 1.97 bits per heavy atom. The van der Waals surface area contributed by atoms with Crippen molar-refractivity contribution in [1.82, 2.24) is 14.5 Å². The largest absolute Gasteiger partial charge is 0.495 e. The Kier molecular flexibility index (Phi) is 6.50. The van der Waals surface area contributed by atoms with Gasteiger partial charge in [-0.05, 0) is 48.7 Å². The van der Waals surface area contributed by atoms with E-state index in [-0.39, 0.29) is 17.3 Å². The average molecular weight is 493 g/mol. The third kappa shape index (κ3) is 4.77. The minimum atomic E-state index is -0.302. The number of anilines is 1. The summed E-state index contributed by atoms with van der Waals surface area (Å²) in [5.74, 6) is 0.548. The van der Waals surface area contributed by atoms with Gasteiger partial charge >= 0.3 is 0 Å². The average Bonchev–Trinajstić information content (AvgIpc) is 3.49. The van der Waals surface area contributed by atoms with Gasteiger partial charge in [0.05, 0.1) is 24.0 Å². The van der Waals surface area contributed by atoms with Crippen molar-refractivity contribution >= 4 is 33.1 Å². The van der Waals surface area contributed by atoms with Crippen LogP contribution in [0, 0.1) is 5.82 Å². The summed E-state index contributed by atoms with van der Waals surface area (Å²) in [6, 6.07) is 13.6. The third-order valence-electron chi connectivity index (χ3n) is 6.12. The van der Waals surface area contributed by atoms with E-state index >= 15 is 0 Å². The summed E-state index contributed by atoms with van der Waals surface area (Å²) < 4.78 is 20.9. The molecule has 0 spiro atoms. The first kappa shape index (κ1) is 23.0. The number of halogens is 1. The van der Waals surface area contributed by atoms with E-state index in [0.717, 1.165) is 42.1 Å². The molecule has 1 N–H and O–H groups in total. The molecule has 3 heterocycles. The Bertz CT molecular complexity index is 1430. The van der Waals surface area contributed by atoms with Crippen LogP contribution in [0.25, 0.3) is 26.3 Å². The van der Waals surface area contributed by atoms with E-state index in [2.05, 4.69) is 10.3 Å². The van der Waals surface area contributed by atoms with Gasteiger partial charge < -0.3 is 15.0 Å². The van der Waals surface area contributed by atoms with Gasteiger partial charge in [-0.2, -0.15) is 0 Å². The standard InChI is InChI=1S/C26H25FN4O3S/c1-34-22-14-19(9-10-20(22)28-11-3-13-30-12-2-4-24(30)32)31-16-29-21-15-23(35-25(21)26(31)33)17-5-7-18(27)8-6-17/h5-10,14-16,28H,2-4,11-13H2,1H3. The molecule has 0 atom stereocenters. The SMILES string of the molecule is COc1cc(-n2cnc3cc(-c4ccc(F)cc4)sc3c2=O)ccc1NCCCN1CCCC1=O. The van der Waals surface area contributed by atoms with Gasteiger partial charge in [0, 0.05) is 37.0 Å². The van der Waals surface area contributed by atoms with Crippen molar-refractivity contribution in [3.05, 3.63) is 71.0 Å². The number of methoxy groups -OCH3 is 1. The van der Waals surface area contributed by atoms with Crippen LogP contribution in [0.3, 0.4) is 0 Å². The van der Waals surface area contributed by atoms with Crippen LogP contribution in [0.5, 0.6) is 5.75 Å². The molecule has 180 valence electrons. The number of benzene rings is 2. The van der Waals surface area contributed by atoms with E-state index in [4.69, 9.17) is 4.74 Å². The van der Waals surface area contributed by atoms with E-state index in [1.165, 1.54) is 34.4 Å². The number of thiophene rings is 1. The van der Waals surface area contributed by atoms with Crippen LogP contribution in [0.4, 0.5) is 10.1 Å². The molecule has 5 rings (SSSR count). The summed E-state index contributed by atoms with van der Waals surface area (Å²) in [7, 11) is 1.59. The first-order valence-electron chi connectivity index (χ1n) is 11.5. The molecule has 0 unspecified atom stereocenters. The number of likely N-dealkylation sites (tertiary alicyclic amines) is 1. The highest BCUT2D eigenvalue weighted by Gasteiger charge is 2.19. The van der Waals surface area contributed by atoms with Crippen molar-refractivity contribution in [3.8, 4) is 21.9 Å². The second-order valence-corrected chi connectivity index (χ2v) is 9.45. The molecule has 1 fully saturated rings. The number of hydrogen-bond acceptors (Lipinski definition) is 6.